The third kappa shape index (κ3) is 3.70. The van der Waals surface area contributed by atoms with Gasteiger partial charge in [0.2, 0.25) is 0 Å². The molecule has 0 bridgehead atoms. The Bertz CT molecular complexity index is 661. The van der Waals surface area contributed by atoms with E-state index in [1.54, 1.807) is 23.6 Å². The van der Waals surface area contributed by atoms with Gasteiger partial charge in [-0.05, 0) is 23.6 Å². The summed E-state index contributed by atoms with van der Waals surface area (Å²) in [6, 6.07) is 10.4. The van der Waals surface area contributed by atoms with Crippen molar-refractivity contribution in [1.82, 2.24) is 9.88 Å². The Morgan fingerprint density at radius 1 is 1.39 bits per heavy atom. The molecule has 23 heavy (non-hydrogen) atoms. The molecule has 0 aromatic carbocycles. The van der Waals surface area contributed by atoms with Crippen LogP contribution in [0.1, 0.15) is 16.5 Å². The van der Waals surface area contributed by atoms with Crippen molar-refractivity contribution in [1.29, 1.82) is 5.26 Å². The second-order valence-corrected chi connectivity index (χ2v) is 6.53. The summed E-state index contributed by atoms with van der Waals surface area (Å²) in [7, 11) is 2.00. The van der Waals surface area contributed by atoms with E-state index >= 15 is 0 Å². The number of ether oxygens (including phenoxy) is 1. The molecule has 6 heteroatoms. The minimum Gasteiger partial charge on any atom is -0.379 e. The maximum absolute atomic E-state index is 9.29. The van der Waals surface area contributed by atoms with E-state index in [0.717, 1.165) is 38.7 Å². The van der Waals surface area contributed by atoms with Crippen LogP contribution >= 0.6 is 11.3 Å². The summed E-state index contributed by atoms with van der Waals surface area (Å²) in [5.41, 5.74) is 0.613. The van der Waals surface area contributed by atoms with Crippen LogP contribution in [-0.4, -0.2) is 49.8 Å². The zero-order valence-corrected chi connectivity index (χ0v) is 14.0. The van der Waals surface area contributed by atoms with Crippen LogP contribution in [-0.2, 0) is 4.74 Å². The molecular weight excluding hydrogens is 308 g/mol. The van der Waals surface area contributed by atoms with E-state index in [-0.39, 0.29) is 6.04 Å². The first-order valence-electron chi connectivity index (χ1n) is 7.71. The molecule has 0 saturated carbocycles. The zero-order chi connectivity index (χ0) is 16.1. The number of nitrogens with zero attached hydrogens (tertiary/aromatic N) is 4. The number of pyridine rings is 1. The summed E-state index contributed by atoms with van der Waals surface area (Å²) < 4.78 is 5.49. The second-order valence-electron chi connectivity index (χ2n) is 5.55. The number of thiophene rings is 1. The van der Waals surface area contributed by atoms with Gasteiger partial charge in [0, 0.05) is 37.8 Å². The number of hydrogen-bond acceptors (Lipinski definition) is 6. The molecule has 1 saturated heterocycles. The highest BCUT2D eigenvalue weighted by atomic mass is 32.1. The maximum Gasteiger partial charge on any atom is 0.146 e. The largest absolute Gasteiger partial charge is 0.379 e. The lowest BCUT2D eigenvalue weighted by molar-refractivity contribution is 0.0183. The summed E-state index contributed by atoms with van der Waals surface area (Å²) in [5.74, 6) is 0.741. The van der Waals surface area contributed by atoms with E-state index < -0.39 is 0 Å². The normalized spacial score (nSPS) is 16.7. The number of anilines is 1. The Kier molecular flexibility index (Phi) is 5.23. The van der Waals surface area contributed by atoms with Gasteiger partial charge in [-0.15, -0.1) is 11.3 Å². The van der Waals surface area contributed by atoms with Crippen LogP contribution in [0.15, 0.2) is 35.8 Å². The first-order chi connectivity index (χ1) is 11.3. The molecule has 3 rings (SSSR count). The molecular formula is C17H20N4OS. The van der Waals surface area contributed by atoms with Crippen molar-refractivity contribution in [3.63, 3.8) is 0 Å². The number of nitriles is 1. The van der Waals surface area contributed by atoms with Gasteiger partial charge in [0.05, 0.1) is 24.8 Å². The minimum atomic E-state index is 0.289. The van der Waals surface area contributed by atoms with Crippen LogP contribution in [0.25, 0.3) is 0 Å². The Hall–Kier alpha value is -1.94. The van der Waals surface area contributed by atoms with Gasteiger partial charge in [-0.1, -0.05) is 6.07 Å². The summed E-state index contributed by atoms with van der Waals surface area (Å²) in [4.78, 5) is 10.3. The lowest BCUT2D eigenvalue weighted by Gasteiger charge is -2.36. The van der Waals surface area contributed by atoms with E-state index in [1.807, 2.05) is 13.1 Å². The van der Waals surface area contributed by atoms with E-state index in [9.17, 15) is 5.26 Å². The van der Waals surface area contributed by atoms with E-state index in [4.69, 9.17) is 4.74 Å². The molecule has 1 atom stereocenters. The monoisotopic (exact) mass is 328 g/mol. The van der Waals surface area contributed by atoms with Crippen molar-refractivity contribution in [2.24, 2.45) is 0 Å². The average Bonchev–Trinajstić information content (AvgIpc) is 3.14. The molecule has 0 amide bonds. The maximum atomic E-state index is 9.29. The van der Waals surface area contributed by atoms with Crippen molar-refractivity contribution in [2.45, 2.75) is 6.04 Å². The topological polar surface area (TPSA) is 52.4 Å². The van der Waals surface area contributed by atoms with Crippen molar-refractivity contribution in [2.75, 3.05) is 44.8 Å². The van der Waals surface area contributed by atoms with E-state index in [0.29, 0.717) is 5.56 Å². The highest BCUT2D eigenvalue weighted by Gasteiger charge is 2.25. The Morgan fingerprint density at radius 2 is 2.22 bits per heavy atom. The summed E-state index contributed by atoms with van der Waals surface area (Å²) in [5, 5.41) is 11.4. The number of aromatic nitrogens is 1. The summed E-state index contributed by atoms with van der Waals surface area (Å²) in [6.45, 7) is 4.22. The lowest BCUT2D eigenvalue weighted by Crippen LogP contribution is -2.43. The number of morpholine rings is 1. The predicted molar refractivity (Wildman–Crippen MR) is 91.7 cm³/mol. The molecule has 1 fully saturated rings. The van der Waals surface area contributed by atoms with Gasteiger partial charge in [0.15, 0.2) is 0 Å². The Balaban J connectivity index is 1.82. The fraction of sp³-hybridized carbons (Fsp3) is 0.412. The van der Waals surface area contributed by atoms with Gasteiger partial charge >= 0.3 is 0 Å². The fourth-order valence-corrected chi connectivity index (χ4v) is 3.74. The van der Waals surface area contributed by atoms with Crippen LogP contribution in [0.3, 0.4) is 0 Å². The number of likely N-dealkylation sites (N-methyl/N-ethyl adjacent to an activating group) is 1. The Morgan fingerprint density at radius 3 is 2.91 bits per heavy atom. The highest BCUT2D eigenvalue weighted by Crippen LogP contribution is 2.28. The quantitative estimate of drug-likeness (QED) is 0.844. The Labute approximate surface area is 140 Å². The summed E-state index contributed by atoms with van der Waals surface area (Å²) >= 11 is 1.78. The SMILES string of the molecule is CN(CC(c1cccs1)N1CCOCC1)c1ncccc1C#N. The van der Waals surface area contributed by atoms with Gasteiger partial charge in [0.1, 0.15) is 11.9 Å². The minimum absolute atomic E-state index is 0.289. The third-order valence-electron chi connectivity index (χ3n) is 4.07. The van der Waals surface area contributed by atoms with Gasteiger partial charge < -0.3 is 9.64 Å². The standard InChI is InChI=1S/C17H20N4OS/c1-20(17-14(12-18)4-2-6-19-17)13-15(16-5-3-11-23-16)21-7-9-22-10-8-21/h2-6,11,15H,7-10,13H2,1H3. The molecule has 2 aromatic heterocycles. The fourth-order valence-electron chi connectivity index (χ4n) is 2.89. The molecule has 2 aromatic rings. The molecule has 0 aliphatic carbocycles. The van der Waals surface area contributed by atoms with Crippen molar-refractivity contribution >= 4 is 17.2 Å². The first kappa shape index (κ1) is 15.9. The van der Waals surface area contributed by atoms with Crippen molar-refractivity contribution in [3.05, 3.63) is 46.3 Å². The lowest BCUT2D eigenvalue weighted by atomic mass is 10.1. The summed E-state index contributed by atoms with van der Waals surface area (Å²) in [6.07, 6.45) is 1.74. The number of rotatable bonds is 5. The molecule has 0 spiro atoms. The van der Waals surface area contributed by atoms with Gasteiger partial charge in [-0.2, -0.15) is 5.26 Å². The van der Waals surface area contributed by atoms with Crippen molar-refractivity contribution in [3.8, 4) is 6.07 Å². The molecule has 0 radical (unpaired) electrons. The molecule has 0 N–H and O–H groups in total. The van der Waals surface area contributed by atoms with Crippen molar-refractivity contribution < 1.29 is 4.74 Å². The highest BCUT2D eigenvalue weighted by molar-refractivity contribution is 7.10. The predicted octanol–water partition coefficient (Wildman–Crippen LogP) is 2.52. The van der Waals surface area contributed by atoms with Crippen LogP contribution in [0.4, 0.5) is 5.82 Å². The van der Waals surface area contributed by atoms with Gasteiger partial charge in [-0.25, -0.2) is 4.98 Å². The van der Waals surface area contributed by atoms with Gasteiger partial charge in [-0.3, -0.25) is 4.90 Å². The van der Waals surface area contributed by atoms with E-state index in [1.165, 1.54) is 4.88 Å². The average molecular weight is 328 g/mol. The van der Waals surface area contributed by atoms with Crippen LogP contribution in [0.2, 0.25) is 0 Å². The molecule has 3 heterocycles. The number of hydrogen-bond donors (Lipinski definition) is 0. The van der Waals surface area contributed by atoms with Crippen LogP contribution < -0.4 is 4.90 Å². The molecule has 1 aliphatic heterocycles. The molecule has 1 aliphatic rings. The molecule has 120 valence electrons. The smallest absolute Gasteiger partial charge is 0.146 e. The third-order valence-corrected chi connectivity index (χ3v) is 5.05. The zero-order valence-electron chi connectivity index (χ0n) is 13.2. The molecule has 5 nitrogen and oxygen atoms in total. The van der Waals surface area contributed by atoms with Crippen LogP contribution in [0.5, 0.6) is 0 Å². The molecule has 1 unspecified atom stereocenters. The first-order valence-corrected chi connectivity index (χ1v) is 8.59. The second kappa shape index (κ2) is 7.55. The van der Waals surface area contributed by atoms with Crippen LogP contribution in [0, 0.1) is 11.3 Å². The van der Waals surface area contributed by atoms with E-state index in [2.05, 4.69) is 38.4 Å². The van der Waals surface area contributed by atoms with Gasteiger partial charge in [0.25, 0.3) is 0 Å².